The smallest absolute Gasteiger partial charge is 0.133 e. The SMILES string of the molecule is CNCc1cc2ccccc2nc1N1CCC(O)C(C)C1. The summed E-state index contributed by atoms with van der Waals surface area (Å²) >= 11 is 0. The summed E-state index contributed by atoms with van der Waals surface area (Å²) in [4.78, 5) is 7.20. The van der Waals surface area contributed by atoms with Crippen LogP contribution in [0.3, 0.4) is 0 Å². The molecule has 1 fully saturated rings. The van der Waals surface area contributed by atoms with Crippen LogP contribution in [0.5, 0.6) is 0 Å². The maximum Gasteiger partial charge on any atom is 0.133 e. The lowest BCUT2D eigenvalue weighted by molar-refractivity contribution is 0.0968. The van der Waals surface area contributed by atoms with Crippen LogP contribution < -0.4 is 10.2 Å². The topological polar surface area (TPSA) is 48.4 Å². The molecule has 0 bridgehead atoms. The number of aliphatic hydroxyl groups excluding tert-OH is 1. The van der Waals surface area contributed by atoms with Crippen molar-refractivity contribution in [1.82, 2.24) is 10.3 Å². The molecule has 1 aromatic heterocycles. The van der Waals surface area contributed by atoms with Gasteiger partial charge in [-0.15, -0.1) is 0 Å². The van der Waals surface area contributed by atoms with Crippen LogP contribution in [0.15, 0.2) is 30.3 Å². The number of benzene rings is 1. The Morgan fingerprint density at radius 3 is 2.95 bits per heavy atom. The van der Waals surface area contributed by atoms with Crippen molar-refractivity contribution in [1.29, 1.82) is 0 Å². The first-order valence-corrected chi connectivity index (χ1v) is 7.65. The van der Waals surface area contributed by atoms with Gasteiger partial charge in [0.25, 0.3) is 0 Å². The van der Waals surface area contributed by atoms with E-state index in [1.165, 1.54) is 10.9 Å². The minimum atomic E-state index is -0.186. The third kappa shape index (κ3) is 2.87. The second kappa shape index (κ2) is 6.00. The average Bonchev–Trinajstić information content (AvgIpc) is 2.50. The molecule has 2 N–H and O–H groups in total. The van der Waals surface area contributed by atoms with E-state index in [4.69, 9.17) is 4.98 Å². The maximum absolute atomic E-state index is 9.93. The van der Waals surface area contributed by atoms with E-state index >= 15 is 0 Å². The van der Waals surface area contributed by atoms with Crippen molar-refractivity contribution in [2.45, 2.75) is 26.0 Å². The lowest BCUT2D eigenvalue weighted by Gasteiger charge is -2.36. The van der Waals surface area contributed by atoms with Gasteiger partial charge in [0.1, 0.15) is 5.82 Å². The van der Waals surface area contributed by atoms with E-state index in [9.17, 15) is 5.11 Å². The summed E-state index contributed by atoms with van der Waals surface area (Å²) in [6.07, 6.45) is 0.628. The molecule has 4 nitrogen and oxygen atoms in total. The van der Waals surface area contributed by atoms with Gasteiger partial charge in [0.2, 0.25) is 0 Å². The molecule has 2 heterocycles. The van der Waals surface area contributed by atoms with Gasteiger partial charge in [0, 0.05) is 30.6 Å². The highest BCUT2D eigenvalue weighted by molar-refractivity contribution is 5.81. The van der Waals surface area contributed by atoms with Gasteiger partial charge in [-0.2, -0.15) is 0 Å². The fraction of sp³-hybridized carbons (Fsp3) is 0.471. The number of anilines is 1. The Balaban J connectivity index is 2.01. The molecule has 2 aromatic rings. The summed E-state index contributed by atoms with van der Waals surface area (Å²) in [5.41, 5.74) is 2.26. The molecule has 2 unspecified atom stereocenters. The molecular formula is C17H23N3O. The van der Waals surface area contributed by atoms with E-state index in [1.807, 2.05) is 19.2 Å². The van der Waals surface area contributed by atoms with Crippen LogP contribution in [0.25, 0.3) is 10.9 Å². The number of fused-ring (bicyclic) bond motifs is 1. The second-order valence-corrected chi connectivity index (χ2v) is 5.97. The summed E-state index contributed by atoms with van der Waals surface area (Å²) in [5, 5.41) is 14.3. The molecule has 4 heteroatoms. The Kier molecular flexibility index (Phi) is 4.08. The summed E-state index contributed by atoms with van der Waals surface area (Å²) in [6, 6.07) is 10.5. The first-order valence-electron chi connectivity index (χ1n) is 7.65. The zero-order chi connectivity index (χ0) is 14.8. The molecule has 1 saturated heterocycles. The van der Waals surface area contributed by atoms with Crippen molar-refractivity contribution in [3.05, 3.63) is 35.9 Å². The van der Waals surface area contributed by atoms with E-state index < -0.39 is 0 Å². The first-order chi connectivity index (χ1) is 10.2. The van der Waals surface area contributed by atoms with E-state index in [-0.39, 0.29) is 12.0 Å². The normalized spacial score (nSPS) is 22.7. The van der Waals surface area contributed by atoms with Gasteiger partial charge >= 0.3 is 0 Å². The molecule has 0 amide bonds. The predicted molar refractivity (Wildman–Crippen MR) is 86.5 cm³/mol. The number of pyridine rings is 1. The third-order valence-electron chi connectivity index (χ3n) is 4.31. The zero-order valence-corrected chi connectivity index (χ0v) is 12.7. The minimum Gasteiger partial charge on any atom is -0.393 e. The van der Waals surface area contributed by atoms with Crippen molar-refractivity contribution in [2.75, 3.05) is 25.0 Å². The number of para-hydroxylation sites is 1. The molecule has 1 aromatic carbocycles. The number of aliphatic hydroxyl groups is 1. The predicted octanol–water partition coefficient (Wildman–Crippen LogP) is 2.16. The largest absolute Gasteiger partial charge is 0.393 e. The zero-order valence-electron chi connectivity index (χ0n) is 12.7. The molecule has 0 saturated carbocycles. The molecule has 3 rings (SSSR count). The minimum absolute atomic E-state index is 0.186. The van der Waals surface area contributed by atoms with E-state index in [1.54, 1.807) is 0 Å². The number of nitrogens with one attached hydrogen (secondary N) is 1. The molecule has 0 spiro atoms. The fourth-order valence-corrected chi connectivity index (χ4v) is 3.07. The van der Waals surface area contributed by atoms with Crippen molar-refractivity contribution in [2.24, 2.45) is 5.92 Å². The highest BCUT2D eigenvalue weighted by atomic mass is 16.3. The lowest BCUT2D eigenvalue weighted by atomic mass is 9.96. The number of nitrogens with zero attached hydrogens (tertiary/aromatic N) is 2. The molecule has 0 radical (unpaired) electrons. The number of rotatable bonds is 3. The van der Waals surface area contributed by atoms with Gasteiger partial charge in [0.15, 0.2) is 0 Å². The van der Waals surface area contributed by atoms with Gasteiger partial charge in [0.05, 0.1) is 11.6 Å². The van der Waals surface area contributed by atoms with Crippen LogP contribution in [0.2, 0.25) is 0 Å². The third-order valence-corrected chi connectivity index (χ3v) is 4.31. The van der Waals surface area contributed by atoms with Crippen molar-refractivity contribution in [3.8, 4) is 0 Å². The number of aromatic nitrogens is 1. The van der Waals surface area contributed by atoms with Gasteiger partial charge in [-0.3, -0.25) is 0 Å². The fourth-order valence-electron chi connectivity index (χ4n) is 3.07. The lowest BCUT2D eigenvalue weighted by Crippen LogP contribution is -2.42. The molecular weight excluding hydrogens is 262 g/mol. The number of piperidine rings is 1. The Bertz CT molecular complexity index is 628. The summed E-state index contributed by atoms with van der Waals surface area (Å²) in [5.74, 6) is 1.34. The van der Waals surface area contributed by atoms with Crippen LogP contribution >= 0.6 is 0 Å². The summed E-state index contributed by atoms with van der Waals surface area (Å²) in [6.45, 7) is 4.65. The summed E-state index contributed by atoms with van der Waals surface area (Å²) in [7, 11) is 1.96. The van der Waals surface area contributed by atoms with Crippen LogP contribution in [0.1, 0.15) is 18.9 Å². The Morgan fingerprint density at radius 1 is 1.38 bits per heavy atom. The molecule has 2 atom stereocenters. The van der Waals surface area contributed by atoms with Gasteiger partial charge in [-0.1, -0.05) is 25.1 Å². The van der Waals surface area contributed by atoms with Crippen molar-refractivity contribution in [3.63, 3.8) is 0 Å². The van der Waals surface area contributed by atoms with Crippen molar-refractivity contribution >= 4 is 16.7 Å². The Hall–Kier alpha value is -1.65. The number of hydrogen-bond acceptors (Lipinski definition) is 4. The second-order valence-electron chi connectivity index (χ2n) is 5.97. The maximum atomic E-state index is 9.93. The summed E-state index contributed by atoms with van der Waals surface area (Å²) < 4.78 is 0. The highest BCUT2D eigenvalue weighted by Crippen LogP contribution is 2.27. The van der Waals surface area contributed by atoms with E-state index in [2.05, 4.69) is 35.3 Å². The highest BCUT2D eigenvalue weighted by Gasteiger charge is 2.26. The van der Waals surface area contributed by atoms with Crippen LogP contribution in [-0.4, -0.2) is 36.3 Å². The van der Waals surface area contributed by atoms with Crippen LogP contribution in [-0.2, 0) is 6.54 Å². The quantitative estimate of drug-likeness (QED) is 0.907. The molecule has 1 aliphatic heterocycles. The Labute approximate surface area is 125 Å². The van der Waals surface area contributed by atoms with Gasteiger partial charge in [-0.25, -0.2) is 4.98 Å². The van der Waals surface area contributed by atoms with Crippen LogP contribution in [0.4, 0.5) is 5.82 Å². The first kappa shape index (κ1) is 14.3. The average molecular weight is 285 g/mol. The van der Waals surface area contributed by atoms with Gasteiger partial charge < -0.3 is 15.3 Å². The standard InChI is InChI=1S/C17H23N3O/c1-12-11-20(8-7-16(12)21)17-14(10-18-2)9-13-5-3-4-6-15(13)19-17/h3-6,9,12,16,18,21H,7-8,10-11H2,1-2H3. The Morgan fingerprint density at radius 2 is 2.19 bits per heavy atom. The van der Waals surface area contributed by atoms with Crippen LogP contribution in [0, 0.1) is 5.92 Å². The number of hydrogen-bond donors (Lipinski definition) is 2. The van der Waals surface area contributed by atoms with E-state index in [0.717, 1.165) is 37.4 Å². The molecule has 21 heavy (non-hydrogen) atoms. The van der Waals surface area contributed by atoms with Crippen molar-refractivity contribution < 1.29 is 5.11 Å². The van der Waals surface area contributed by atoms with Gasteiger partial charge in [-0.05, 0) is 31.5 Å². The molecule has 0 aliphatic carbocycles. The van der Waals surface area contributed by atoms with E-state index in [0.29, 0.717) is 0 Å². The molecule has 1 aliphatic rings. The molecule has 112 valence electrons. The monoisotopic (exact) mass is 285 g/mol.